The van der Waals surface area contributed by atoms with Gasteiger partial charge in [0.15, 0.2) is 0 Å². The summed E-state index contributed by atoms with van der Waals surface area (Å²) in [5.74, 6) is 0. The third-order valence-corrected chi connectivity index (χ3v) is 5.73. The lowest BCUT2D eigenvalue weighted by Gasteiger charge is -2.30. The van der Waals surface area contributed by atoms with Gasteiger partial charge in [-0.05, 0) is 34.1 Å². The van der Waals surface area contributed by atoms with Gasteiger partial charge in [0.05, 0.1) is 6.10 Å². The third kappa shape index (κ3) is 4.32. The Bertz CT molecular complexity index is 141. The summed E-state index contributed by atoms with van der Waals surface area (Å²) in [6.45, 7) is 8.51. The summed E-state index contributed by atoms with van der Waals surface area (Å²) < 4.78 is 12.0. The molecule has 1 rings (SSSR count). The molecule has 2 nitrogen and oxygen atoms in total. The van der Waals surface area contributed by atoms with E-state index in [1.54, 1.807) is 0 Å². The van der Waals surface area contributed by atoms with E-state index < -0.39 is 14.5 Å². The number of hydrogen-bond donors (Lipinski definition) is 0. The molecule has 1 unspecified atom stereocenters. The standard InChI is InChI=1S/C8H16O.C3H7O.Al/c1-4-5-6-7-9-8(2)3;1-3(2)4;/h7-8H,1,4-6H2,2-3H3;3H,1-2H3;/q;-1;+1. The van der Waals surface area contributed by atoms with Gasteiger partial charge in [-0.1, -0.05) is 18.1 Å². The van der Waals surface area contributed by atoms with Crippen LogP contribution in [-0.4, -0.2) is 31.7 Å². The van der Waals surface area contributed by atoms with Gasteiger partial charge < -0.3 is 8.53 Å². The van der Waals surface area contributed by atoms with Crippen LogP contribution in [0.4, 0.5) is 0 Å². The second kappa shape index (κ2) is 6.13. The van der Waals surface area contributed by atoms with Gasteiger partial charge in [0.2, 0.25) is 0 Å². The highest BCUT2D eigenvalue weighted by atomic mass is 27.2. The van der Waals surface area contributed by atoms with E-state index in [4.69, 9.17) is 8.53 Å². The Morgan fingerprint density at radius 1 is 1.07 bits per heavy atom. The summed E-state index contributed by atoms with van der Waals surface area (Å²) in [6.07, 6.45) is 4.62. The minimum atomic E-state index is -1.08. The Labute approximate surface area is 92.7 Å². The van der Waals surface area contributed by atoms with Gasteiger partial charge in [0.25, 0.3) is 0 Å². The molecule has 3 heteroatoms. The Morgan fingerprint density at radius 3 is 2.36 bits per heavy atom. The molecule has 0 aromatic carbocycles. The summed E-state index contributed by atoms with van der Waals surface area (Å²) in [6, 6.07) is 0. The fraction of sp³-hybridized carbons (Fsp3) is 1.00. The highest BCUT2D eigenvalue weighted by Crippen LogP contribution is 2.23. The van der Waals surface area contributed by atoms with E-state index in [0.717, 1.165) is 0 Å². The summed E-state index contributed by atoms with van der Waals surface area (Å²) in [4.78, 5) is 0.464. The van der Waals surface area contributed by atoms with Crippen LogP contribution in [0.1, 0.15) is 47.0 Å². The highest BCUT2D eigenvalue weighted by molar-refractivity contribution is 6.53. The van der Waals surface area contributed by atoms with Crippen molar-refractivity contribution in [2.45, 2.75) is 69.4 Å². The van der Waals surface area contributed by atoms with Gasteiger partial charge in [0.1, 0.15) is 0 Å². The maximum atomic E-state index is 6.02. The van der Waals surface area contributed by atoms with Crippen molar-refractivity contribution in [1.29, 1.82) is 0 Å². The summed E-state index contributed by atoms with van der Waals surface area (Å²) in [7, 11) is 0. The molecule has 1 saturated heterocycles. The first-order valence-electron chi connectivity index (χ1n) is 5.90. The smallest absolute Gasteiger partial charge is 0.492 e. The first kappa shape index (κ1) is 12.5. The quantitative estimate of drug-likeness (QED) is 0.670. The molecule has 0 N–H and O–H groups in total. The molecule has 14 heavy (non-hydrogen) atoms. The first-order chi connectivity index (χ1) is 6.59. The molecule has 0 aliphatic carbocycles. The third-order valence-electron chi connectivity index (χ3n) is 2.54. The second-order valence-electron chi connectivity index (χ2n) is 4.73. The zero-order chi connectivity index (χ0) is 10.6. The van der Waals surface area contributed by atoms with Crippen molar-refractivity contribution < 1.29 is 8.53 Å². The maximum Gasteiger partial charge on any atom is 0.492 e. The average molecular weight is 214 g/mol. The highest BCUT2D eigenvalue weighted by Gasteiger charge is 2.36. The van der Waals surface area contributed by atoms with Crippen molar-refractivity contribution in [2.24, 2.45) is 0 Å². The molecular formula is C11H23AlO2. The fourth-order valence-electron chi connectivity index (χ4n) is 2.07. The van der Waals surface area contributed by atoms with Crippen LogP contribution in [0.25, 0.3) is 0 Å². The van der Waals surface area contributed by atoms with Crippen LogP contribution >= 0.6 is 0 Å². The van der Waals surface area contributed by atoms with E-state index in [1.165, 1.54) is 24.5 Å². The topological polar surface area (TPSA) is 18.5 Å². The fourth-order valence-corrected chi connectivity index (χ4v) is 5.24. The normalized spacial score (nSPS) is 23.6. The van der Waals surface area contributed by atoms with Crippen LogP contribution < -0.4 is 0 Å². The molecule has 0 saturated carbocycles. The molecule has 1 fully saturated rings. The van der Waals surface area contributed by atoms with Crippen molar-refractivity contribution >= 4 is 14.5 Å². The zero-order valence-electron chi connectivity index (χ0n) is 9.95. The van der Waals surface area contributed by atoms with E-state index in [-0.39, 0.29) is 0 Å². The molecule has 1 aliphatic rings. The summed E-state index contributed by atoms with van der Waals surface area (Å²) >= 11 is -1.08. The van der Waals surface area contributed by atoms with Gasteiger partial charge in [-0.2, -0.15) is 0 Å². The summed E-state index contributed by atoms with van der Waals surface area (Å²) in [5, 5.41) is 1.30. The molecule has 0 aromatic rings. The predicted molar refractivity (Wildman–Crippen MR) is 60.6 cm³/mol. The molecule has 0 aromatic heterocycles. The zero-order valence-corrected chi connectivity index (χ0v) is 11.1. The lowest BCUT2D eigenvalue weighted by Crippen LogP contribution is -2.41. The van der Waals surface area contributed by atoms with Crippen molar-refractivity contribution in [3.63, 3.8) is 0 Å². The molecular weight excluding hydrogens is 191 g/mol. The van der Waals surface area contributed by atoms with Gasteiger partial charge in [0, 0.05) is 11.1 Å². The van der Waals surface area contributed by atoms with E-state index in [9.17, 15) is 0 Å². The monoisotopic (exact) mass is 214 g/mol. The van der Waals surface area contributed by atoms with Gasteiger partial charge >= 0.3 is 14.5 Å². The Morgan fingerprint density at radius 2 is 1.79 bits per heavy atom. The molecule has 0 spiro atoms. The Kier molecular flexibility index (Phi) is 5.48. The maximum absolute atomic E-state index is 6.02. The minimum absolute atomic E-state index is 0.351. The molecule has 0 amide bonds. The molecule has 0 bridgehead atoms. The van der Waals surface area contributed by atoms with Crippen LogP contribution in [0.15, 0.2) is 0 Å². The first-order valence-corrected chi connectivity index (χ1v) is 7.86. The minimum Gasteiger partial charge on any atom is -0.497 e. The lowest BCUT2D eigenvalue weighted by molar-refractivity contribution is 0.0264. The van der Waals surface area contributed by atoms with Crippen LogP contribution in [0.5, 0.6) is 0 Å². The van der Waals surface area contributed by atoms with Crippen LogP contribution in [0, 0.1) is 0 Å². The number of ether oxygens (including phenoxy) is 1. The van der Waals surface area contributed by atoms with E-state index in [1.807, 2.05) is 0 Å². The average Bonchev–Trinajstić information content (AvgIpc) is 2.06. The van der Waals surface area contributed by atoms with Gasteiger partial charge in [-0.25, -0.2) is 0 Å². The predicted octanol–water partition coefficient (Wildman–Crippen LogP) is 2.92. The molecule has 1 atom stereocenters. The Balaban J connectivity index is 2.41. The molecule has 82 valence electrons. The van der Waals surface area contributed by atoms with Gasteiger partial charge in [-0.3, -0.25) is 0 Å². The lowest BCUT2D eigenvalue weighted by atomic mass is 10.2. The van der Waals surface area contributed by atoms with Crippen LogP contribution in [0.3, 0.4) is 0 Å². The van der Waals surface area contributed by atoms with Crippen molar-refractivity contribution in [1.82, 2.24) is 0 Å². The van der Waals surface area contributed by atoms with Crippen molar-refractivity contribution in [2.75, 3.05) is 0 Å². The number of hydrogen-bond acceptors (Lipinski definition) is 2. The van der Waals surface area contributed by atoms with Crippen molar-refractivity contribution in [3.05, 3.63) is 0 Å². The van der Waals surface area contributed by atoms with E-state index >= 15 is 0 Å². The van der Waals surface area contributed by atoms with Crippen molar-refractivity contribution in [3.8, 4) is 0 Å². The molecule has 1 heterocycles. The molecule has 1 aliphatic heterocycles. The Hall–Kier alpha value is 0.452. The van der Waals surface area contributed by atoms with Crippen LogP contribution in [-0.2, 0) is 8.53 Å². The van der Waals surface area contributed by atoms with E-state index in [0.29, 0.717) is 17.2 Å². The summed E-state index contributed by atoms with van der Waals surface area (Å²) in [5.41, 5.74) is 0. The van der Waals surface area contributed by atoms with Gasteiger partial charge in [-0.15, -0.1) is 0 Å². The number of rotatable bonds is 4. The van der Waals surface area contributed by atoms with Crippen LogP contribution in [0.2, 0.25) is 5.28 Å². The van der Waals surface area contributed by atoms with E-state index in [2.05, 4.69) is 27.7 Å². The molecule has 0 radical (unpaired) electrons. The second-order valence-corrected chi connectivity index (χ2v) is 7.40. The largest absolute Gasteiger partial charge is 0.497 e. The SMILES string of the molecule is CC(C)O[CH]1CCC[CH2][Al]1[O]C(C)C.